The van der Waals surface area contributed by atoms with Crippen LogP contribution in [-0.4, -0.2) is 0 Å². The number of hydrogen-bond acceptors (Lipinski definition) is 1. The summed E-state index contributed by atoms with van der Waals surface area (Å²) in [6.45, 7) is 2.25. The first kappa shape index (κ1) is 18.7. The number of nitrogens with zero attached hydrogens (tertiary/aromatic N) is 1. The van der Waals surface area contributed by atoms with Crippen LogP contribution in [0.2, 0.25) is 0 Å². The first-order valence-electron chi connectivity index (χ1n) is 9.57. The van der Waals surface area contributed by atoms with Crippen molar-refractivity contribution in [2.75, 3.05) is 0 Å². The lowest BCUT2D eigenvalue weighted by atomic mass is 9.77. The topological polar surface area (TPSA) is 23.8 Å². The van der Waals surface area contributed by atoms with Crippen LogP contribution in [0.25, 0.3) is 0 Å². The lowest BCUT2D eigenvalue weighted by Crippen LogP contribution is -2.13. The van der Waals surface area contributed by atoms with Gasteiger partial charge in [-0.3, -0.25) is 0 Å². The Morgan fingerprint density at radius 1 is 1.17 bits per heavy atom. The third kappa shape index (κ3) is 6.11. The van der Waals surface area contributed by atoms with Gasteiger partial charge in [0, 0.05) is 0 Å². The van der Waals surface area contributed by atoms with Crippen LogP contribution in [-0.2, 0) is 6.42 Å². The molecule has 0 bridgehead atoms. The molecule has 0 N–H and O–H groups in total. The maximum absolute atomic E-state index is 12.8. The van der Waals surface area contributed by atoms with Crippen molar-refractivity contribution in [2.24, 2.45) is 5.92 Å². The van der Waals surface area contributed by atoms with Gasteiger partial charge in [0.05, 0.1) is 0 Å². The summed E-state index contributed by atoms with van der Waals surface area (Å²) in [5, 5.41) is 8.42. The van der Waals surface area contributed by atoms with Crippen molar-refractivity contribution in [1.82, 2.24) is 0 Å². The minimum atomic E-state index is -0.636. The SMILES string of the molecule is CCCCCc1ccc([C@H]2CC[C@H](CC/C=C(\F)C#N)CC2)cc1. The van der Waals surface area contributed by atoms with Crippen LogP contribution in [0.3, 0.4) is 0 Å². The van der Waals surface area contributed by atoms with Gasteiger partial charge in [0.15, 0.2) is 5.83 Å². The third-order valence-electron chi connectivity index (χ3n) is 5.37. The number of halogens is 1. The van der Waals surface area contributed by atoms with E-state index in [2.05, 4.69) is 31.2 Å². The fourth-order valence-electron chi connectivity index (χ4n) is 3.81. The molecule has 1 aliphatic carbocycles. The Hall–Kier alpha value is -1.62. The van der Waals surface area contributed by atoms with Crippen molar-refractivity contribution in [3.05, 3.63) is 47.3 Å². The molecule has 2 rings (SSSR count). The first-order valence-corrected chi connectivity index (χ1v) is 9.57. The predicted octanol–water partition coefficient (Wildman–Crippen LogP) is 6.85. The molecule has 0 saturated heterocycles. The standard InChI is InChI=1S/C22H30FN/c1-2-3-4-6-18-9-13-20(14-10-18)21-15-11-19(12-16-21)7-5-8-22(23)17-24/h8-10,13-14,19,21H,2-7,11-12,15-16H2,1H3/b22-8-/t19-,21-. The molecule has 1 aliphatic rings. The highest BCUT2D eigenvalue weighted by molar-refractivity contribution is 5.26. The van der Waals surface area contributed by atoms with Gasteiger partial charge < -0.3 is 0 Å². The van der Waals surface area contributed by atoms with E-state index in [0.29, 0.717) is 18.3 Å². The second-order valence-electron chi connectivity index (χ2n) is 7.16. The first-order chi connectivity index (χ1) is 11.7. The zero-order valence-electron chi connectivity index (χ0n) is 14.9. The molecule has 1 nitrogen and oxygen atoms in total. The van der Waals surface area contributed by atoms with Gasteiger partial charge in [0.2, 0.25) is 0 Å². The monoisotopic (exact) mass is 327 g/mol. The zero-order valence-corrected chi connectivity index (χ0v) is 14.9. The quantitative estimate of drug-likeness (QED) is 0.378. The number of aryl methyl sites for hydroxylation is 1. The fourth-order valence-corrected chi connectivity index (χ4v) is 3.81. The van der Waals surface area contributed by atoms with Crippen LogP contribution < -0.4 is 0 Å². The molecule has 130 valence electrons. The molecule has 1 aromatic carbocycles. The van der Waals surface area contributed by atoms with Crippen LogP contribution in [0.15, 0.2) is 36.2 Å². The molecule has 2 heteroatoms. The average Bonchev–Trinajstić information content (AvgIpc) is 2.63. The van der Waals surface area contributed by atoms with Gasteiger partial charge in [-0.05, 0) is 80.4 Å². The second-order valence-corrected chi connectivity index (χ2v) is 7.16. The van der Waals surface area contributed by atoms with E-state index in [4.69, 9.17) is 5.26 Å². The molecule has 24 heavy (non-hydrogen) atoms. The van der Waals surface area contributed by atoms with Gasteiger partial charge in [-0.15, -0.1) is 0 Å². The molecule has 0 radical (unpaired) electrons. The predicted molar refractivity (Wildman–Crippen MR) is 98.4 cm³/mol. The number of unbranched alkanes of at least 4 members (excludes halogenated alkanes) is 2. The summed E-state index contributed by atoms with van der Waals surface area (Å²) in [6.07, 6.45) is 13.2. The molecule has 0 heterocycles. The number of nitriles is 1. The highest BCUT2D eigenvalue weighted by Gasteiger charge is 2.21. The summed E-state index contributed by atoms with van der Waals surface area (Å²) in [7, 11) is 0. The van der Waals surface area contributed by atoms with Crippen molar-refractivity contribution in [3.8, 4) is 6.07 Å². The molecule has 0 aromatic heterocycles. The van der Waals surface area contributed by atoms with E-state index in [9.17, 15) is 4.39 Å². The average molecular weight is 327 g/mol. The third-order valence-corrected chi connectivity index (χ3v) is 5.37. The summed E-state index contributed by atoms with van der Waals surface area (Å²) < 4.78 is 12.8. The molecule has 0 amide bonds. The van der Waals surface area contributed by atoms with E-state index in [1.165, 1.54) is 68.6 Å². The lowest BCUT2D eigenvalue weighted by Gasteiger charge is -2.28. The highest BCUT2D eigenvalue weighted by atomic mass is 19.1. The molecule has 0 atom stereocenters. The largest absolute Gasteiger partial charge is 0.196 e. The fraction of sp³-hybridized carbons (Fsp3) is 0.591. The van der Waals surface area contributed by atoms with Crippen molar-refractivity contribution < 1.29 is 4.39 Å². The normalized spacial score (nSPS) is 21.5. The maximum atomic E-state index is 12.8. The summed E-state index contributed by atoms with van der Waals surface area (Å²) >= 11 is 0. The Kier molecular flexibility index (Phi) is 8.02. The molecule has 0 spiro atoms. The van der Waals surface area contributed by atoms with E-state index in [1.807, 2.05) is 0 Å². The van der Waals surface area contributed by atoms with Gasteiger partial charge in [-0.1, -0.05) is 44.0 Å². The van der Waals surface area contributed by atoms with Crippen LogP contribution in [0.5, 0.6) is 0 Å². The molecule has 0 unspecified atom stereocenters. The Labute approximate surface area is 146 Å². The summed E-state index contributed by atoms with van der Waals surface area (Å²) in [5.41, 5.74) is 2.95. The highest BCUT2D eigenvalue weighted by Crippen LogP contribution is 2.37. The van der Waals surface area contributed by atoms with Crippen molar-refractivity contribution in [2.45, 2.75) is 77.0 Å². The van der Waals surface area contributed by atoms with Crippen LogP contribution >= 0.6 is 0 Å². The lowest BCUT2D eigenvalue weighted by molar-refractivity contribution is 0.311. The minimum Gasteiger partial charge on any atom is -0.195 e. The number of allylic oxidation sites excluding steroid dienone is 2. The smallest absolute Gasteiger partial charge is 0.195 e. The Morgan fingerprint density at radius 2 is 1.88 bits per heavy atom. The van der Waals surface area contributed by atoms with E-state index >= 15 is 0 Å². The van der Waals surface area contributed by atoms with E-state index in [1.54, 1.807) is 6.07 Å². The van der Waals surface area contributed by atoms with Gasteiger partial charge in [0.1, 0.15) is 6.07 Å². The molecule has 1 saturated carbocycles. The van der Waals surface area contributed by atoms with E-state index in [-0.39, 0.29) is 0 Å². The van der Waals surface area contributed by atoms with Crippen LogP contribution in [0, 0.1) is 17.2 Å². The number of hydrogen-bond donors (Lipinski definition) is 0. The summed E-state index contributed by atoms with van der Waals surface area (Å²) in [5.74, 6) is 0.748. The van der Waals surface area contributed by atoms with Gasteiger partial charge in [-0.2, -0.15) is 9.65 Å². The molecule has 0 aliphatic heterocycles. The van der Waals surface area contributed by atoms with E-state index in [0.717, 1.165) is 6.42 Å². The Bertz CT molecular complexity index is 544. The van der Waals surface area contributed by atoms with Crippen molar-refractivity contribution in [3.63, 3.8) is 0 Å². The number of benzene rings is 1. The van der Waals surface area contributed by atoms with Crippen LogP contribution in [0.1, 0.15) is 81.8 Å². The second kappa shape index (κ2) is 10.3. The Morgan fingerprint density at radius 3 is 2.50 bits per heavy atom. The Balaban J connectivity index is 1.74. The van der Waals surface area contributed by atoms with Gasteiger partial charge >= 0.3 is 0 Å². The molecule has 1 fully saturated rings. The summed E-state index contributed by atoms with van der Waals surface area (Å²) in [4.78, 5) is 0. The van der Waals surface area contributed by atoms with Crippen LogP contribution in [0.4, 0.5) is 4.39 Å². The zero-order chi connectivity index (χ0) is 17.2. The van der Waals surface area contributed by atoms with Gasteiger partial charge in [-0.25, -0.2) is 0 Å². The van der Waals surface area contributed by atoms with Crippen molar-refractivity contribution >= 4 is 0 Å². The molecule has 1 aromatic rings. The summed E-state index contributed by atoms with van der Waals surface area (Å²) in [6, 6.07) is 10.8. The van der Waals surface area contributed by atoms with Crippen molar-refractivity contribution in [1.29, 1.82) is 5.26 Å². The number of rotatable bonds is 8. The van der Waals surface area contributed by atoms with E-state index < -0.39 is 5.83 Å². The molecular weight excluding hydrogens is 297 g/mol. The maximum Gasteiger partial charge on any atom is 0.196 e. The van der Waals surface area contributed by atoms with Gasteiger partial charge in [0.25, 0.3) is 0 Å². The molecular formula is C22H30FN. The minimum absolute atomic E-state index is 0.636.